The Labute approximate surface area is 171 Å². The number of carbonyl (C=O) groups excluding carboxylic acids is 2. The van der Waals surface area contributed by atoms with Crippen LogP contribution in [0.3, 0.4) is 0 Å². The first kappa shape index (κ1) is 19.5. The fraction of sp³-hybridized carbons (Fsp3) is 0.417. The Morgan fingerprint density at radius 1 is 0.828 bits per heavy atom. The molecule has 2 amide bonds. The van der Waals surface area contributed by atoms with E-state index in [2.05, 4.69) is 10.6 Å². The highest BCUT2D eigenvalue weighted by Gasteiger charge is 2.56. The molecule has 2 aliphatic carbocycles. The van der Waals surface area contributed by atoms with Gasteiger partial charge in [0.25, 0.3) is 0 Å². The predicted molar refractivity (Wildman–Crippen MR) is 113 cm³/mol. The Morgan fingerprint density at radius 2 is 1.48 bits per heavy atom. The molecule has 2 saturated carbocycles. The minimum Gasteiger partial charge on any atom is -0.455 e. The van der Waals surface area contributed by atoms with Gasteiger partial charge < -0.3 is 15.4 Å². The summed E-state index contributed by atoms with van der Waals surface area (Å²) in [7, 11) is 0. The molecule has 2 N–H and O–H groups in total. The molecular weight excluding hydrogens is 364 g/mol. The summed E-state index contributed by atoms with van der Waals surface area (Å²) in [6.45, 7) is 0. The lowest BCUT2D eigenvalue weighted by molar-refractivity contribution is -0.134. The first-order valence-electron chi connectivity index (χ1n) is 10.6. The van der Waals surface area contributed by atoms with Gasteiger partial charge in [-0.05, 0) is 49.9 Å². The third-order valence-corrected chi connectivity index (χ3v) is 5.92. The van der Waals surface area contributed by atoms with Gasteiger partial charge in [0.1, 0.15) is 11.2 Å². The van der Waals surface area contributed by atoms with Crippen LogP contribution in [0.4, 0.5) is 5.69 Å². The second-order valence-corrected chi connectivity index (χ2v) is 8.11. The van der Waals surface area contributed by atoms with Gasteiger partial charge in [0, 0.05) is 6.04 Å². The molecule has 0 radical (unpaired) electrons. The molecule has 5 nitrogen and oxygen atoms in total. The van der Waals surface area contributed by atoms with E-state index in [-0.39, 0.29) is 17.9 Å². The van der Waals surface area contributed by atoms with Crippen LogP contribution in [0.1, 0.15) is 51.4 Å². The molecule has 2 aliphatic rings. The molecule has 0 unspecified atom stereocenters. The summed E-state index contributed by atoms with van der Waals surface area (Å²) >= 11 is 0. The van der Waals surface area contributed by atoms with Crippen LogP contribution in [0, 0.1) is 5.41 Å². The Bertz CT molecular complexity index is 853. The summed E-state index contributed by atoms with van der Waals surface area (Å²) in [5.41, 5.74) is -0.360. The molecular formula is C24H28N2O3. The molecule has 29 heavy (non-hydrogen) atoms. The van der Waals surface area contributed by atoms with Gasteiger partial charge in [0.15, 0.2) is 5.75 Å². The van der Waals surface area contributed by atoms with Gasteiger partial charge in [-0.1, -0.05) is 56.0 Å². The topological polar surface area (TPSA) is 67.4 Å². The molecule has 0 saturated heterocycles. The molecule has 0 bridgehead atoms. The predicted octanol–water partition coefficient (Wildman–Crippen LogP) is 5.04. The van der Waals surface area contributed by atoms with Crippen LogP contribution >= 0.6 is 0 Å². The number of para-hydroxylation sites is 3. The SMILES string of the molecule is O=C(Nc1ccccc1Oc1ccccc1)C1(C(=O)NC2CCCCCC2)CC1. The maximum Gasteiger partial charge on any atom is 0.240 e. The van der Waals surface area contributed by atoms with Crippen molar-refractivity contribution in [3.8, 4) is 11.5 Å². The summed E-state index contributed by atoms with van der Waals surface area (Å²) < 4.78 is 5.92. The van der Waals surface area contributed by atoms with Crippen molar-refractivity contribution in [2.45, 2.75) is 57.4 Å². The standard InChI is InChI=1S/C24H28N2O3/c27-22(25-18-10-4-1-2-5-11-18)24(16-17-24)23(28)26-20-14-8-9-15-21(20)29-19-12-6-3-7-13-19/h3,6-9,12-15,18H,1-2,4-5,10-11,16-17H2,(H,25,27)(H,26,28). The fourth-order valence-corrected chi connectivity index (χ4v) is 3.95. The average molecular weight is 392 g/mol. The quantitative estimate of drug-likeness (QED) is 0.535. The number of anilines is 1. The molecule has 152 valence electrons. The van der Waals surface area contributed by atoms with Crippen molar-refractivity contribution in [1.82, 2.24) is 5.32 Å². The summed E-state index contributed by atoms with van der Waals surface area (Å²) in [6, 6.07) is 17.0. The van der Waals surface area contributed by atoms with Gasteiger partial charge in [0.2, 0.25) is 11.8 Å². The van der Waals surface area contributed by atoms with Crippen molar-refractivity contribution in [3.05, 3.63) is 54.6 Å². The summed E-state index contributed by atoms with van der Waals surface area (Å²) in [6.07, 6.45) is 7.97. The molecule has 2 fully saturated rings. The molecule has 2 aromatic rings. The van der Waals surface area contributed by atoms with Gasteiger partial charge in [-0.25, -0.2) is 0 Å². The Hall–Kier alpha value is -2.82. The maximum absolute atomic E-state index is 13.0. The van der Waals surface area contributed by atoms with E-state index in [9.17, 15) is 9.59 Å². The largest absolute Gasteiger partial charge is 0.455 e. The van der Waals surface area contributed by atoms with E-state index in [4.69, 9.17) is 4.74 Å². The van der Waals surface area contributed by atoms with E-state index in [1.165, 1.54) is 12.8 Å². The summed E-state index contributed by atoms with van der Waals surface area (Å²) in [5, 5.41) is 6.09. The molecule has 5 heteroatoms. The Morgan fingerprint density at radius 3 is 2.17 bits per heavy atom. The Kier molecular flexibility index (Phi) is 5.84. The minimum absolute atomic E-state index is 0.122. The van der Waals surface area contributed by atoms with Crippen molar-refractivity contribution >= 4 is 17.5 Å². The lowest BCUT2D eigenvalue weighted by Gasteiger charge is -2.21. The van der Waals surface area contributed by atoms with Gasteiger partial charge >= 0.3 is 0 Å². The maximum atomic E-state index is 13.0. The molecule has 0 spiro atoms. The van der Waals surface area contributed by atoms with Crippen LogP contribution in [0.2, 0.25) is 0 Å². The summed E-state index contributed by atoms with van der Waals surface area (Å²) in [4.78, 5) is 25.9. The number of amides is 2. The Balaban J connectivity index is 1.43. The van der Waals surface area contributed by atoms with Crippen LogP contribution in [-0.4, -0.2) is 17.9 Å². The second-order valence-electron chi connectivity index (χ2n) is 8.11. The van der Waals surface area contributed by atoms with Crippen LogP contribution in [0.15, 0.2) is 54.6 Å². The first-order valence-corrected chi connectivity index (χ1v) is 10.6. The van der Waals surface area contributed by atoms with Gasteiger partial charge in [0.05, 0.1) is 5.69 Å². The smallest absolute Gasteiger partial charge is 0.240 e. The molecule has 2 aromatic carbocycles. The molecule has 0 atom stereocenters. The molecule has 0 aliphatic heterocycles. The monoisotopic (exact) mass is 392 g/mol. The first-order chi connectivity index (χ1) is 14.2. The van der Waals surface area contributed by atoms with E-state index < -0.39 is 5.41 Å². The zero-order valence-electron chi connectivity index (χ0n) is 16.7. The molecule has 0 aromatic heterocycles. The number of rotatable bonds is 6. The number of nitrogens with one attached hydrogen (secondary N) is 2. The van der Waals surface area contributed by atoms with Crippen molar-refractivity contribution < 1.29 is 14.3 Å². The van der Waals surface area contributed by atoms with Crippen molar-refractivity contribution in [2.24, 2.45) is 5.41 Å². The molecule has 0 heterocycles. The highest BCUT2D eigenvalue weighted by Crippen LogP contribution is 2.47. The third-order valence-electron chi connectivity index (χ3n) is 5.92. The fourth-order valence-electron chi connectivity index (χ4n) is 3.95. The number of benzene rings is 2. The van der Waals surface area contributed by atoms with E-state index in [0.717, 1.165) is 25.7 Å². The second kappa shape index (κ2) is 8.68. The van der Waals surface area contributed by atoms with E-state index in [1.807, 2.05) is 48.5 Å². The normalized spacial score (nSPS) is 18.3. The van der Waals surface area contributed by atoms with Gasteiger partial charge in [-0.2, -0.15) is 0 Å². The van der Waals surface area contributed by atoms with Crippen molar-refractivity contribution in [3.63, 3.8) is 0 Å². The van der Waals surface area contributed by atoms with E-state index in [1.54, 1.807) is 6.07 Å². The molecule has 4 rings (SSSR count). The lowest BCUT2D eigenvalue weighted by Crippen LogP contribution is -2.44. The van der Waals surface area contributed by atoms with Gasteiger partial charge in [-0.3, -0.25) is 9.59 Å². The zero-order valence-corrected chi connectivity index (χ0v) is 16.7. The minimum atomic E-state index is -0.938. The van der Waals surface area contributed by atoms with Crippen LogP contribution in [0.25, 0.3) is 0 Å². The van der Waals surface area contributed by atoms with Gasteiger partial charge in [-0.15, -0.1) is 0 Å². The van der Waals surface area contributed by atoms with E-state index >= 15 is 0 Å². The number of carbonyl (C=O) groups is 2. The van der Waals surface area contributed by atoms with Crippen LogP contribution in [-0.2, 0) is 9.59 Å². The van der Waals surface area contributed by atoms with Crippen LogP contribution < -0.4 is 15.4 Å². The number of hydrogen-bond donors (Lipinski definition) is 2. The zero-order chi connectivity index (χ0) is 20.1. The van der Waals surface area contributed by atoms with E-state index in [0.29, 0.717) is 30.0 Å². The third kappa shape index (κ3) is 4.61. The van der Waals surface area contributed by atoms with Crippen molar-refractivity contribution in [1.29, 1.82) is 0 Å². The van der Waals surface area contributed by atoms with Crippen LogP contribution in [0.5, 0.6) is 11.5 Å². The average Bonchev–Trinajstić information content (AvgIpc) is 3.56. The number of ether oxygens (including phenoxy) is 1. The number of hydrogen-bond acceptors (Lipinski definition) is 3. The summed E-state index contributed by atoms with van der Waals surface area (Å²) in [5.74, 6) is 0.893. The van der Waals surface area contributed by atoms with Crippen molar-refractivity contribution in [2.75, 3.05) is 5.32 Å². The highest BCUT2D eigenvalue weighted by molar-refractivity contribution is 6.13. The highest BCUT2D eigenvalue weighted by atomic mass is 16.5. The lowest BCUT2D eigenvalue weighted by atomic mass is 10.0.